The maximum absolute atomic E-state index is 6.61. The van der Waals surface area contributed by atoms with E-state index in [1.54, 1.807) is 38.0 Å². The lowest BCUT2D eigenvalue weighted by atomic mass is 10.1. The van der Waals surface area contributed by atoms with Gasteiger partial charge in [-0.3, -0.25) is 4.99 Å². The number of allylic oxidation sites excluding steroid dienone is 1. The fourth-order valence-electron chi connectivity index (χ4n) is 4.34. The van der Waals surface area contributed by atoms with Crippen molar-refractivity contribution in [3.8, 4) is 5.75 Å². The molecule has 2 aromatic carbocycles. The monoisotopic (exact) mass is 503 g/mol. The molecule has 1 aliphatic heterocycles. The van der Waals surface area contributed by atoms with E-state index in [0.29, 0.717) is 23.0 Å². The van der Waals surface area contributed by atoms with Gasteiger partial charge in [-0.15, -0.1) is 11.3 Å². The second-order valence-corrected chi connectivity index (χ2v) is 9.63. The summed E-state index contributed by atoms with van der Waals surface area (Å²) in [5.41, 5.74) is 12.2. The predicted octanol–water partition coefficient (Wildman–Crippen LogP) is 4.43. The summed E-state index contributed by atoms with van der Waals surface area (Å²) >= 11 is 1.60. The molecule has 186 valence electrons. The topological polar surface area (TPSA) is 111 Å². The zero-order chi connectivity index (χ0) is 25.1. The van der Waals surface area contributed by atoms with Crippen LogP contribution in [0.15, 0.2) is 52.9 Å². The molecule has 5 rings (SSSR count). The molecule has 0 bridgehead atoms. The van der Waals surface area contributed by atoms with E-state index in [-0.39, 0.29) is 6.10 Å². The van der Waals surface area contributed by atoms with Crippen LogP contribution in [0.5, 0.6) is 5.75 Å². The Hall–Kier alpha value is -3.76. The summed E-state index contributed by atoms with van der Waals surface area (Å²) in [6, 6.07) is 9.94. The van der Waals surface area contributed by atoms with Gasteiger partial charge in [-0.2, -0.15) is 0 Å². The zero-order valence-corrected chi connectivity index (χ0v) is 21.4. The smallest absolute Gasteiger partial charge is 0.160 e. The largest absolute Gasteiger partial charge is 0.493 e. The lowest BCUT2D eigenvalue weighted by Gasteiger charge is -2.30. The van der Waals surface area contributed by atoms with Crippen molar-refractivity contribution in [1.29, 1.82) is 0 Å². The molecule has 1 saturated heterocycles. The van der Waals surface area contributed by atoms with Crippen molar-refractivity contribution in [2.75, 3.05) is 39.6 Å². The highest BCUT2D eigenvalue weighted by molar-refractivity contribution is 7.16. The minimum absolute atomic E-state index is 0.0885. The molecule has 3 N–H and O–H groups in total. The molecule has 0 spiro atoms. The van der Waals surface area contributed by atoms with Crippen LogP contribution >= 0.6 is 11.3 Å². The molecule has 0 radical (unpaired) electrons. The van der Waals surface area contributed by atoms with E-state index in [1.807, 2.05) is 29.8 Å². The minimum atomic E-state index is 0.0885. The van der Waals surface area contributed by atoms with Gasteiger partial charge in [-0.05, 0) is 50.2 Å². The van der Waals surface area contributed by atoms with Gasteiger partial charge in [0.15, 0.2) is 5.76 Å². The average molecular weight is 504 g/mol. The third-order valence-corrected chi connectivity index (χ3v) is 7.09. The molecule has 4 aromatic rings. The number of rotatable bonds is 7. The fraction of sp³-hybridized carbons (Fsp3) is 0.308. The molecule has 10 heteroatoms. The number of nitrogens with one attached hydrogen (secondary N) is 1. The lowest BCUT2D eigenvalue weighted by Crippen LogP contribution is -2.35. The molecule has 1 aliphatic rings. The molecule has 0 saturated carbocycles. The summed E-state index contributed by atoms with van der Waals surface area (Å²) in [6.45, 7) is 1.98. The average Bonchev–Trinajstić information content (AvgIpc) is 3.36. The SMILES string of the molecule is CN=C/C(OC)=C(\N)c1cc(OC2CCN(C)CC2)c2c(Nc3ccc4ncsc4c3)ncnc2c1. The molecule has 9 nitrogen and oxygen atoms in total. The number of thiazole rings is 1. The van der Waals surface area contributed by atoms with E-state index < -0.39 is 0 Å². The second-order valence-electron chi connectivity index (χ2n) is 8.74. The van der Waals surface area contributed by atoms with Crippen molar-refractivity contribution in [2.45, 2.75) is 18.9 Å². The Balaban J connectivity index is 1.61. The third-order valence-electron chi connectivity index (χ3n) is 6.30. The molecule has 36 heavy (non-hydrogen) atoms. The first kappa shape index (κ1) is 24.0. The Kier molecular flexibility index (Phi) is 6.97. The highest BCUT2D eigenvalue weighted by Crippen LogP contribution is 2.36. The Bertz CT molecular complexity index is 1440. The van der Waals surface area contributed by atoms with Gasteiger partial charge in [-0.1, -0.05) is 0 Å². The van der Waals surface area contributed by atoms with Crippen LogP contribution in [0.1, 0.15) is 18.4 Å². The first-order chi connectivity index (χ1) is 17.6. The van der Waals surface area contributed by atoms with Crippen LogP contribution in [0.3, 0.4) is 0 Å². The van der Waals surface area contributed by atoms with Gasteiger partial charge >= 0.3 is 0 Å². The van der Waals surface area contributed by atoms with Gasteiger partial charge in [0.05, 0.1) is 45.7 Å². The van der Waals surface area contributed by atoms with Crippen LogP contribution in [0.2, 0.25) is 0 Å². The van der Waals surface area contributed by atoms with Crippen LogP contribution in [0.25, 0.3) is 26.8 Å². The molecule has 1 fully saturated rings. The van der Waals surface area contributed by atoms with Gasteiger partial charge in [-0.25, -0.2) is 15.0 Å². The molecule has 0 unspecified atom stereocenters. The van der Waals surface area contributed by atoms with E-state index in [9.17, 15) is 0 Å². The predicted molar refractivity (Wildman–Crippen MR) is 146 cm³/mol. The molecule has 3 heterocycles. The first-order valence-corrected chi connectivity index (χ1v) is 12.6. The number of hydrogen-bond acceptors (Lipinski definition) is 10. The fourth-order valence-corrected chi connectivity index (χ4v) is 5.06. The molecular formula is C26H29N7O2S. The van der Waals surface area contributed by atoms with Crippen molar-refractivity contribution in [3.63, 3.8) is 0 Å². The number of fused-ring (bicyclic) bond motifs is 2. The Morgan fingerprint density at radius 1 is 1.17 bits per heavy atom. The number of piperidine rings is 1. The molecule has 2 aromatic heterocycles. The highest BCUT2D eigenvalue weighted by atomic mass is 32.1. The quantitative estimate of drug-likeness (QED) is 0.281. The van der Waals surface area contributed by atoms with Gasteiger partial charge in [0.25, 0.3) is 0 Å². The summed E-state index contributed by atoms with van der Waals surface area (Å²) in [6.07, 6.45) is 5.12. The number of likely N-dealkylation sites (tertiary alicyclic amines) is 1. The summed E-state index contributed by atoms with van der Waals surface area (Å²) in [7, 11) is 5.39. The minimum Gasteiger partial charge on any atom is -0.493 e. The number of benzene rings is 2. The molecule has 0 atom stereocenters. The molecule has 0 aliphatic carbocycles. The van der Waals surface area contributed by atoms with Crippen molar-refractivity contribution >= 4 is 55.9 Å². The summed E-state index contributed by atoms with van der Waals surface area (Å²) in [5.74, 6) is 1.83. The van der Waals surface area contributed by atoms with Crippen LogP contribution < -0.4 is 15.8 Å². The Morgan fingerprint density at radius 2 is 2.00 bits per heavy atom. The Morgan fingerprint density at radius 3 is 2.78 bits per heavy atom. The summed E-state index contributed by atoms with van der Waals surface area (Å²) in [5, 5.41) is 4.27. The van der Waals surface area contributed by atoms with Crippen LogP contribution in [-0.4, -0.2) is 66.5 Å². The Labute approximate surface area is 213 Å². The summed E-state index contributed by atoms with van der Waals surface area (Å²) in [4.78, 5) is 19.9. The van der Waals surface area contributed by atoms with E-state index >= 15 is 0 Å². The first-order valence-electron chi connectivity index (χ1n) is 11.8. The molecule has 0 amide bonds. The van der Waals surface area contributed by atoms with E-state index in [0.717, 1.165) is 58.3 Å². The van der Waals surface area contributed by atoms with Gasteiger partial charge in [0, 0.05) is 31.4 Å². The number of aliphatic imine (C=N–C) groups is 1. The number of anilines is 2. The van der Waals surface area contributed by atoms with E-state index in [4.69, 9.17) is 15.2 Å². The highest BCUT2D eigenvalue weighted by Gasteiger charge is 2.22. The number of nitrogens with two attached hydrogens (primary N) is 1. The zero-order valence-electron chi connectivity index (χ0n) is 20.6. The number of aromatic nitrogens is 3. The maximum atomic E-state index is 6.61. The van der Waals surface area contributed by atoms with Crippen molar-refractivity contribution < 1.29 is 9.47 Å². The number of hydrogen-bond donors (Lipinski definition) is 2. The van der Waals surface area contributed by atoms with Gasteiger partial charge in [0.2, 0.25) is 0 Å². The van der Waals surface area contributed by atoms with Crippen LogP contribution in [0, 0.1) is 0 Å². The van der Waals surface area contributed by atoms with Gasteiger partial charge in [0.1, 0.15) is 24.0 Å². The van der Waals surface area contributed by atoms with E-state index in [1.165, 1.54) is 0 Å². The maximum Gasteiger partial charge on any atom is 0.160 e. The lowest BCUT2D eigenvalue weighted by molar-refractivity contribution is 0.115. The van der Waals surface area contributed by atoms with Crippen LogP contribution in [-0.2, 0) is 4.74 Å². The second kappa shape index (κ2) is 10.5. The van der Waals surface area contributed by atoms with Crippen molar-refractivity contribution in [1.82, 2.24) is 19.9 Å². The van der Waals surface area contributed by atoms with Gasteiger partial charge < -0.3 is 25.4 Å². The normalized spacial score (nSPS) is 16.0. The summed E-state index contributed by atoms with van der Waals surface area (Å²) < 4.78 is 13.2. The standard InChI is InChI=1S/C26H29N7O2S/c1-28-13-22(34-3)25(27)16-10-20-24(21(11-16)35-18-6-8-33(2)9-7-18)26(30-14-29-20)32-17-4-5-19-23(12-17)36-15-31-19/h4-5,10-15,18H,6-9,27H2,1-3H3,(H,29,30,32)/b25-22+,28-13?. The third kappa shape index (κ3) is 4.95. The number of ether oxygens (including phenoxy) is 2. The van der Waals surface area contributed by atoms with Crippen LogP contribution in [0.4, 0.5) is 11.5 Å². The molecular weight excluding hydrogens is 474 g/mol. The number of nitrogens with zero attached hydrogens (tertiary/aromatic N) is 5. The number of methoxy groups -OCH3 is 1. The van der Waals surface area contributed by atoms with Crippen molar-refractivity contribution in [3.05, 3.63) is 53.5 Å². The van der Waals surface area contributed by atoms with Crippen molar-refractivity contribution in [2.24, 2.45) is 10.7 Å². The van der Waals surface area contributed by atoms with E-state index in [2.05, 4.69) is 43.3 Å².